The van der Waals surface area contributed by atoms with Gasteiger partial charge in [-0.2, -0.15) is 0 Å². The summed E-state index contributed by atoms with van der Waals surface area (Å²) in [5.41, 5.74) is 3.64. The molecule has 0 aromatic carbocycles. The molecule has 128 valence electrons. The van der Waals surface area contributed by atoms with Crippen molar-refractivity contribution in [3.63, 3.8) is 0 Å². The first-order valence-corrected chi connectivity index (χ1v) is 9.86. The van der Waals surface area contributed by atoms with E-state index in [-0.39, 0.29) is 16.7 Å². The molecule has 4 aliphatic rings. The van der Waals surface area contributed by atoms with Crippen molar-refractivity contribution >= 4 is 5.78 Å². The summed E-state index contributed by atoms with van der Waals surface area (Å²) in [5.74, 6) is 2.00. The summed E-state index contributed by atoms with van der Waals surface area (Å²) >= 11 is 0. The predicted octanol–water partition coefficient (Wildman–Crippen LogP) is 4.66. The van der Waals surface area contributed by atoms with E-state index in [9.17, 15) is 9.90 Å². The first kappa shape index (κ1) is 15.9. The van der Waals surface area contributed by atoms with Gasteiger partial charge in [-0.15, -0.1) is 0 Å². The van der Waals surface area contributed by atoms with Crippen LogP contribution in [0.3, 0.4) is 0 Å². The normalized spacial score (nSPS) is 46.1. The maximum absolute atomic E-state index is 12.2. The topological polar surface area (TPSA) is 37.3 Å². The molecular weight excluding hydrogens is 284 g/mol. The van der Waals surface area contributed by atoms with Crippen LogP contribution in [-0.2, 0) is 4.79 Å². The Balaban J connectivity index is 1.76. The average Bonchev–Trinajstić information content (AvgIpc) is 2.91. The number of hydrogen-bond acceptors (Lipinski definition) is 2. The highest BCUT2D eigenvalue weighted by Gasteiger charge is 2.56. The van der Waals surface area contributed by atoms with E-state index in [0.717, 1.165) is 25.2 Å². The highest BCUT2D eigenvalue weighted by molar-refractivity contribution is 5.80. The van der Waals surface area contributed by atoms with Crippen molar-refractivity contribution < 1.29 is 9.90 Å². The SMILES string of the molecule is CC(=O)[C@H]1CCC2=C3CC[C@@H]4CCCC[C@]4(CO)[C@H]3CC[C@@]21C. The molecule has 0 aromatic rings. The van der Waals surface area contributed by atoms with Gasteiger partial charge in [0.25, 0.3) is 0 Å². The average molecular weight is 316 g/mol. The highest BCUT2D eigenvalue weighted by atomic mass is 16.3. The number of carbonyl (C=O) groups is 1. The van der Waals surface area contributed by atoms with Crippen LogP contribution < -0.4 is 0 Å². The first-order valence-electron chi connectivity index (χ1n) is 9.86. The van der Waals surface area contributed by atoms with Crippen LogP contribution in [0, 0.1) is 28.6 Å². The fourth-order valence-electron chi connectivity index (χ4n) is 7.27. The van der Waals surface area contributed by atoms with Gasteiger partial charge in [-0.1, -0.05) is 30.9 Å². The van der Waals surface area contributed by atoms with Crippen molar-refractivity contribution in [3.05, 3.63) is 11.1 Å². The third-order valence-corrected chi connectivity index (χ3v) is 8.40. The quantitative estimate of drug-likeness (QED) is 0.752. The van der Waals surface area contributed by atoms with Crippen molar-refractivity contribution in [2.24, 2.45) is 28.6 Å². The fraction of sp³-hybridized carbons (Fsp3) is 0.857. The van der Waals surface area contributed by atoms with Crippen LogP contribution in [-0.4, -0.2) is 17.5 Å². The Kier molecular flexibility index (Phi) is 3.75. The van der Waals surface area contributed by atoms with Crippen molar-refractivity contribution in [2.75, 3.05) is 6.61 Å². The van der Waals surface area contributed by atoms with Gasteiger partial charge < -0.3 is 5.11 Å². The minimum Gasteiger partial charge on any atom is -0.396 e. The summed E-state index contributed by atoms with van der Waals surface area (Å²) in [4.78, 5) is 12.2. The van der Waals surface area contributed by atoms with E-state index in [1.54, 1.807) is 18.1 Å². The summed E-state index contributed by atoms with van der Waals surface area (Å²) < 4.78 is 0. The van der Waals surface area contributed by atoms with Gasteiger partial charge in [0.2, 0.25) is 0 Å². The molecule has 1 N–H and O–H groups in total. The number of allylic oxidation sites excluding steroid dienone is 2. The molecule has 5 atom stereocenters. The molecule has 3 fully saturated rings. The maximum atomic E-state index is 12.2. The van der Waals surface area contributed by atoms with Gasteiger partial charge in [-0.3, -0.25) is 4.79 Å². The third kappa shape index (κ3) is 2.06. The Morgan fingerprint density at radius 3 is 2.70 bits per heavy atom. The minimum atomic E-state index is 0.135. The van der Waals surface area contributed by atoms with E-state index in [4.69, 9.17) is 0 Å². The lowest BCUT2D eigenvalue weighted by atomic mass is 9.49. The second kappa shape index (κ2) is 5.44. The van der Waals surface area contributed by atoms with Crippen LogP contribution in [0.5, 0.6) is 0 Å². The Labute approximate surface area is 140 Å². The number of carbonyl (C=O) groups excluding carboxylic acids is 1. The highest BCUT2D eigenvalue weighted by Crippen LogP contribution is 2.64. The molecule has 2 heteroatoms. The number of fused-ring (bicyclic) bond motifs is 4. The van der Waals surface area contributed by atoms with E-state index in [2.05, 4.69) is 6.92 Å². The molecule has 0 bridgehead atoms. The van der Waals surface area contributed by atoms with Crippen LogP contribution in [0.15, 0.2) is 11.1 Å². The number of ketones is 1. The molecule has 0 aromatic heterocycles. The zero-order chi connectivity index (χ0) is 16.2. The van der Waals surface area contributed by atoms with Gasteiger partial charge in [0.05, 0.1) is 0 Å². The van der Waals surface area contributed by atoms with Crippen LogP contribution >= 0.6 is 0 Å². The van der Waals surface area contributed by atoms with Crippen LogP contribution in [0.4, 0.5) is 0 Å². The van der Waals surface area contributed by atoms with E-state index in [1.165, 1.54) is 44.9 Å². The molecule has 0 saturated heterocycles. The lowest BCUT2D eigenvalue weighted by Crippen LogP contribution is -2.50. The number of rotatable bonds is 2. The molecule has 0 spiro atoms. The molecule has 0 aliphatic heterocycles. The molecule has 4 rings (SSSR count). The summed E-state index contributed by atoms with van der Waals surface area (Å²) in [5, 5.41) is 10.4. The number of hydrogen-bond donors (Lipinski definition) is 1. The van der Waals surface area contributed by atoms with Crippen molar-refractivity contribution in [2.45, 2.75) is 78.1 Å². The Hall–Kier alpha value is -0.630. The summed E-state index contributed by atoms with van der Waals surface area (Å²) in [6.07, 6.45) is 12.3. The maximum Gasteiger partial charge on any atom is 0.133 e. The van der Waals surface area contributed by atoms with Crippen molar-refractivity contribution in [1.82, 2.24) is 0 Å². The predicted molar refractivity (Wildman–Crippen MR) is 92.0 cm³/mol. The van der Waals surface area contributed by atoms with Gasteiger partial charge >= 0.3 is 0 Å². The van der Waals surface area contributed by atoms with Gasteiger partial charge in [0, 0.05) is 17.9 Å². The van der Waals surface area contributed by atoms with E-state index >= 15 is 0 Å². The lowest BCUT2D eigenvalue weighted by Gasteiger charge is -2.56. The third-order valence-electron chi connectivity index (χ3n) is 8.40. The summed E-state index contributed by atoms with van der Waals surface area (Å²) in [7, 11) is 0. The summed E-state index contributed by atoms with van der Waals surface area (Å²) in [6.45, 7) is 4.54. The lowest BCUT2D eigenvalue weighted by molar-refractivity contribution is -0.123. The summed E-state index contributed by atoms with van der Waals surface area (Å²) in [6, 6.07) is 0. The number of aliphatic hydroxyl groups is 1. The minimum absolute atomic E-state index is 0.135. The molecule has 2 nitrogen and oxygen atoms in total. The van der Waals surface area contributed by atoms with Gasteiger partial charge in [0.1, 0.15) is 5.78 Å². The van der Waals surface area contributed by atoms with E-state index < -0.39 is 0 Å². The smallest absolute Gasteiger partial charge is 0.133 e. The Bertz CT molecular complexity index is 548. The second-order valence-corrected chi connectivity index (χ2v) is 9.09. The zero-order valence-electron chi connectivity index (χ0n) is 14.9. The van der Waals surface area contributed by atoms with E-state index in [0.29, 0.717) is 18.3 Å². The molecule has 3 saturated carbocycles. The Morgan fingerprint density at radius 1 is 1.13 bits per heavy atom. The van der Waals surface area contributed by atoms with Crippen LogP contribution in [0.1, 0.15) is 78.1 Å². The molecular formula is C21H32O2. The van der Waals surface area contributed by atoms with Crippen LogP contribution in [0.2, 0.25) is 0 Å². The molecule has 23 heavy (non-hydrogen) atoms. The Morgan fingerprint density at radius 2 is 1.96 bits per heavy atom. The zero-order valence-corrected chi connectivity index (χ0v) is 14.9. The van der Waals surface area contributed by atoms with Crippen LogP contribution in [0.25, 0.3) is 0 Å². The number of aliphatic hydroxyl groups excluding tert-OH is 1. The molecule has 0 radical (unpaired) electrons. The van der Waals surface area contributed by atoms with Gasteiger partial charge in [0.15, 0.2) is 0 Å². The standard InChI is InChI=1S/C21H32O2/c1-14(23)17-8-9-18-16-7-6-15-5-3-4-11-21(15,13-22)19(16)10-12-20(17,18)2/h15,17,19,22H,3-13H2,1-2H3/t15-,17+,19-,20+,21+/m0/s1. The fourth-order valence-corrected chi connectivity index (χ4v) is 7.27. The van der Waals surface area contributed by atoms with Crippen molar-refractivity contribution in [3.8, 4) is 0 Å². The van der Waals surface area contributed by atoms with Gasteiger partial charge in [-0.05, 0) is 75.5 Å². The second-order valence-electron chi connectivity index (χ2n) is 9.09. The molecule has 0 unspecified atom stereocenters. The number of Topliss-reactive ketones (excluding diaryl/α,β-unsaturated/α-hetero) is 1. The van der Waals surface area contributed by atoms with Gasteiger partial charge in [-0.25, -0.2) is 0 Å². The molecule has 0 heterocycles. The first-order chi connectivity index (χ1) is 11.0. The van der Waals surface area contributed by atoms with E-state index in [1.807, 2.05) is 0 Å². The monoisotopic (exact) mass is 316 g/mol. The van der Waals surface area contributed by atoms with Crippen molar-refractivity contribution in [1.29, 1.82) is 0 Å². The molecule has 4 aliphatic carbocycles. The largest absolute Gasteiger partial charge is 0.396 e. The molecule has 0 amide bonds.